The fraction of sp³-hybridized carbons (Fsp3) is 0.222. The summed E-state index contributed by atoms with van der Waals surface area (Å²) in [5.74, 6) is -1.09. The van der Waals surface area contributed by atoms with Gasteiger partial charge in [0, 0.05) is 5.69 Å². The molecule has 1 N–H and O–H groups in total. The van der Waals surface area contributed by atoms with Crippen LogP contribution in [0.1, 0.15) is 15.9 Å². The van der Waals surface area contributed by atoms with E-state index in [4.69, 9.17) is 0 Å². The highest BCUT2D eigenvalue weighted by Gasteiger charge is 2.22. The Morgan fingerprint density at radius 3 is 2.42 bits per heavy atom. The van der Waals surface area contributed by atoms with E-state index in [9.17, 15) is 18.0 Å². The van der Waals surface area contributed by atoms with Gasteiger partial charge in [0.2, 0.25) is 15.9 Å². The second-order valence-electron chi connectivity index (χ2n) is 5.67. The number of nitrogens with zero attached hydrogens (tertiary/aromatic N) is 1. The maximum atomic E-state index is 12.4. The third-order valence-electron chi connectivity index (χ3n) is 3.66. The van der Waals surface area contributed by atoms with Crippen LogP contribution >= 0.6 is 0 Å². The summed E-state index contributed by atoms with van der Waals surface area (Å²) < 4.78 is 29.9. The largest absolute Gasteiger partial charge is 0.465 e. The highest BCUT2D eigenvalue weighted by atomic mass is 32.2. The number of nitrogens with one attached hydrogen (secondary N) is 1. The van der Waals surface area contributed by atoms with Crippen LogP contribution in [-0.4, -0.2) is 40.2 Å². The summed E-state index contributed by atoms with van der Waals surface area (Å²) in [6.45, 7) is 1.42. The molecule has 0 spiro atoms. The molecule has 2 rings (SSSR count). The topological polar surface area (TPSA) is 92.8 Å². The lowest BCUT2D eigenvalue weighted by molar-refractivity contribution is -0.114. The maximum Gasteiger partial charge on any atom is 0.337 e. The average molecular weight is 376 g/mol. The number of hydrogen-bond acceptors (Lipinski definition) is 5. The second kappa shape index (κ2) is 8.01. The van der Waals surface area contributed by atoms with Gasteiger partial charge < -0.3 is 10.1 Å². The standard InChI is InChI=1S/C18H20N2O5S/c1-13-7-4-5-10-16(13)19-17(21)12-20(26(3,23)24)15-9-6-8-14(11-15)18(22)25-2/h4-11H,12H2,1-3H3,(H,19,21). The minimum absolute atomic E-state index is 0.193. The van der Waals surface area contributed by atoms with Crippen LogP contribution in [0.2, 0.25) is 0 Å². The van der Waals surface area contributed by atoms with Crippen LogP contribution in [0.15, 0.2) is 48.5 Å². The first-order chi connectivity index (χ1) is 12.2. The predicted molar refractivity (Wildman–Crippen MR) is 99.8 cm³/mol. The molecule has 7 nitrogen and oxygen atoms in total. The summed E-state index contributed by atoms with van der Waals surface area (Å²) in [6.07, 6.45) is 0.999. The first-order valence-electron chi connectivity index (χ1n) is 7.74. The van der Waals surface area contributed by atoms with Crippen molar-refractivity contribution in [2.45, 2.75) is 6.92 Å². The number of para-hydroxylation sites is 1. The summed E-state index contributed by atoms with van der Waals surface area (Å²) in [6, 6.07) is 13.1. The van der Waals surface area contributed by atoms with Gasteiger partial charge in [-0.05, 0) is 36.8 Å². The summed E-state index contributed by atoms with van der Waals surface area (Å²) in [5, 5.41) is 2.69. The number of benzene rings is 2. The van der Waals surface area contributed by atoms with Gasteiger partial charge in [0.25, 0.3) is 0 Å². The molecular formula is C18H20N2O5S. The molecular weight excluding hydrogens is 356 g/mol. The number of carbonyl (C=O) groups excluding carboxylic acids is 2. The zero-order valence-corrected chi connectivity index (χ0v) is 15.5. The normalized spacial score (nSPS) is 10.9. The van der Waals surface area contributed by atoms with E-state index in [0.29, 0.717) is 5.69 Å². The molecule has 0 saturated carbocycles. The van der Waals surface area contributed by atoms with E-state index in [1.807, 2.05) is 19.1 Å². The molecule has 0 bridgehead atoms. The molecule has 138 valence electrons. The van der Waals surface area contributed by atoms with Crippen LogP contribution in [-0.2, 0) is 19.6 Å². The highest BCUT2D eigenvalue weighted by Crippen LogP contribution is 2.20. The van der Waals surface area contributed by atoms with E-state index in [0.717, 1.165) is 16.1 Å². The fourth-order valence-electron chi connectivity index (χ4n) is 2.34. The number of carbonyl (C=O) groups is 2. The Balaban J connectivity index is 2.28. The molecule has 0 aromatic heterocycles. The number of anilines is 2. The van der Waals surface area contributed by atoms with E-state index in [1.165, 1.54) is 31.4 Å². The predicted octanol–water partition coefficient (Wildman–Crippen LogP) is 2.19. The van der Waals surface area contributed by atoms with Gasteiger partial charge in [-0.25, -0.2) is 13.2 Å². The van der Waals surface area contributed by atoms with Crippen molar-refractivity contribution in [1.29, 1.82) is 0 Å². The van der Waals surface area contributed by atoms with Crippen LogP contribution in [0.4, 0.5) is 11.4 Å². The number of amides is 1. The lowest BCUT2D eigenvalue weighted by atomic mass is 10.2. The maximum absolute atomic E-state index is 12.4. The minimum Gasteiger partial charge on any atom is -0.465 e. The molecule has 0 fully saturated rings. The van der Waals surface area contributed by atoms with Crippen molar-refractivity contribution in [3.63, 3.8) is 0 Å². The van der Waals surface area contributed by atoms with Crippen LogP contribution in [0.3, 0.4) is 0 Å². The monoisotopic (exact) mass is 376 g/mol. The van der Waals surface area contributed by atoms with Gasteiger partial charge in [-0.2, -0.15) is 0 Å². The van der Waals surface area contributed by atoms with E-state index in [1.54, 1.807) is 12.1 Å². The number of aryl methyl sites for hydroxylation is 1. The first-order valence-corrected chi connectivity index (χ1v) is 9.59. The van der Waals surface area contributed by atoms with E-state index in [-0.39, 0.29) is 11.3 Å². The van der Waals surface area contributed by atoms with Crippen molar-refractivity contribution < 1.29 is 22.7 Å². The van der Waals surface area contributed by atoms with Gasteiger partial charge in [0.1, 0.15) is 6.54 Å². The van der Waals surface area contributed by atoms with E-state index >= 15 is 0 Å². The molecule has 8 heteroatoms. The lowest BCUT2D eigenvalue weighted by Gasteiger charge is -2.22. The Hall–Kier alpha value is -2.87. The molecule has 0 aliphatic carbocycles. The van der Waals surface area contributed by atoms with E-state index < -0.39 is 28.4 Å². The number of rotatable bonds is 6. The number of ether oxygens (including phenoxy) is 1. The summed E-state index contributed by atoms with van der Waals surface area (Å²) >= 11 is 0. The van der Waals surface area contributed by atoms with E-state index in [2.05, 4.69) is 10.1 Å². The molecule has 0 unspecified atom stereocenters. The molecule has 2 aromatic rings. The third-order valence-corrected chi connectivity index (χ3v) is 4.80. The number of sulfonamides is 1. The second-order valence-corrected chi connectivity index (χ2v) is 7.58. The average Bonchev–Trinajstić information content (AvgIpc) is 2.60. The third kappa shape index (κ3) is 4.82. The van der Waals surface area contributed by atoms with Crippen LogP contribution in [0, 0.1) is 6.92 Å². The number of methoxy groups -OCH3 is 1. The molecule has 2 aromatic carbocycles. The number of esters is 1. The smallest absolute Gasteiger partial charge is 0.337 e. The lowest BCUT2D eigenvalue weighted by Crippen LogP contribution is -2.37. The first kappa shape index (κ1) is 19.5. The van der Waals surface area contributed by atoms with Crippen molar-refractivity contribution >= 4 is 33.3 Å². The van der Waals surface area contributed by atoms with Gasteiger partial charge >= 0.3 is 5.97 Å². The molecule has 0 radical (unpaired) electrons. The molecule has 26 heavy (non-hydrogen) atoms. The Morgan fingerprint density at radius 1 is 1.12 bits per heavy atom. The molecule has 0 atom stereocenters. The Bertz CT molecular complexity index is 925. The molecule has 0 aliphatic rings. The van der Waals surface area contributed by atoms with Crippen molar-refractivity contribution in [3.05, 3.63) is 59.7 Å². The van der Waals surface area contributed by atoms with Gasteiger partial charge in [-0.3, -0.25) is 9.10 Å². The summed E-state index contributed by atoms with van der Waals surface area (Å²) in [7, 11) is -2.51. The van der Waals surface area contributed by atoms with Crippen molar-refractivity contribution in [2.75, 3.05) is 29.5 Å². The quantitative estimate of drug-likeness (QED) is 0.780. The van der Waals surface area contributed by atoms with Gasteiger partial charge in [0.15, 0.2) is 0 Å². The zero-order valence-electron chi connectivity index (χ0n) is 14.7. The fourth-order valence-corrected chi connectivity index (χ4v) is 3.19. The van der Waals surface area contributed by atoms with Crippen LogP contribution in [0.5, 0.6) is 0 Å². The molecule has 0 aliphatic heterocycles. The minimum atomic E-state index is -3.74. The van der Waals surface area contributed by atoms with Crippen molar-refractivity contribution in [2.24, 2.45) is 0 Å². The van der Waals surface area contributed by atoms with Gasteiger partial charge in [0.05, 0.1) is 24.6 Å². The Labute approximate surface area is 152 Å². The van der Waals surface area contributed by atoms with Gasteiger partial charge in [-0.15, -0.1) is 0 Å². The summed E-state index contributed by atoms with van der Waals surface area (Å²) in [5.41, 5.74) is 1.86. The number of hydrogen-bond donors (Lipinski definition) is 1. The Morgan fingerprint density at radius 2 is 1.81 bits per heavy atom. The zero-order chi connectivity index (χ0) is 19.3. The molecule has 0 saturated heterocycles. The highest BCUT2D eigenvalue weighted by molar-refractivity contribution is 7.92. The van der Waals surface area contributed by atoms with Crippen molar-refractivity contribution in [1.82, 2.24) is 0 Å². The Kier molecular flexibility index (Phi) is 5.99. The molecule has 0 heterocycles. The summed E-state index contributed by atoms with van der Waals surface area (Å²) in [4.78, 5) is 24.0. The SMILES string of the molecule is COC(=O)c1cccc(N(CC(=O)Nc2ccccc2C)S(C)(=O)=O)c1. The van der Waals surface area contributed by atoms with Crippen LogP contribution < -0.4 is 9.62 Å². The van der Waals surface area contributed by atoms with Crippen LogP contribution in [0.25, 0.3) is 0 Å². The van der Waals surface area contributed by atoms with Gasteiger partial charge in [-0.1, -0.05) is 24.3 Å². The molecule has 1 amide bonds. The van der Waals surface area contributed by atoms with Crippen molar-refractivity contribution in [3.8, 4) is 0 Å².